The van der Waals surface area contributed by atoms with Gasteiger partial charge in [0.15, 0.2) is 18.1 Å². The van der Waals surface area contributed by atoms with Crippen molar-refractivity contribution in [3.8, 4) is 17.2 Å². The molecule has 2 N–H and O–H groups in total. The summed E-state index contributed by atoms with van der Waals surface area (Å²) in [5.41, 5.74) is 4.49. The molecule has 0 aliphatic carbocycles. The van der Waals surface area contributed by atoms with Gasteiger partial charge in [-0.2, -0.15) is 0 Å². The first kappa shape index (κ1) is 22.5. The van der Waals surface area contributed by atoms with Crippen LogP contribution in [0.5, 0.6) is 17.2 Å². The lowest BCUT2D eigenvalue weighted by Gasteiger charge is -2.37. The number of anilines is 1. The van der Waals surface area contributed by atoms with E-state index >= 15 is 0 Å². The minimum absolute atomic E-state index is 0.258. The Hall–Kier alpha value is -3.72. The SMILES string of the molecule is COc1ccc(C2Nc3ccccc3C(=O)N2NC(=O)COc2ccc(Br)cc2)cc1OC. The van der Waals surface area contributed by atoms with Crippen LogP contribution in [0.2, 0.25) is 0 Å². The molecule has 9 heteroatoms. The van der Waals surface area contributed by atoms with E-state index in [4.69, 9.17) is 14.2 Å². The van der Waals surface area contributed by atoms with E-state index in [2.05, 4.69) is 26.7 Å². The number of ether oxygens (including phenoxy) is 3. The van der Waals surface area contributed by atoms with Crippen molar-refractivity contribution in [2.24, 2.45) is 0 Å². The monoisotopic (exact) mass is 511 g/mol. The average molecular weight is 512 g/mol. The molecule has 0 saturated heterocycles. The number of hydrogen-bond donors (Lipinski definition) is 2. The number of carbonyl (C=O) groups excluding carboxylic acids is 2. The van der Waals surface area contributed by atoms with Gasteiger partial charge in [0.1, 0.15) is 11.9 Å². The first-order chi connectivity index (χ1) is 16.0. The lowest BCUT2D eigenvalue weighted by molar-refractivity contribution is -0.127. The van der Waals surface area contributed by atoms with Crippen molar-refractivity contribution in [1.29, 1.82) is 0 Å². The number of carbonyl (C=O) groups is 2. The fraction of sp³-hybridized carbons (Fsp3) is 0.167. The number of rotatable bonds is 7. The van der Waals surface area contributed by atoms with Gasteiger partial charge < -0.3 is 19.5 Å². The molecule has 0 spiro atoms. The van der Waals surface area contributed by atoms with Crippen molar-refractivity contribution in [1.82, 2.24) is 10.4 Å². The Morgan fingerprint density at radius 3 is 2.48 bits per heavy atom. The van der Waals surface area contributed by atoms with Crippen LogP contribution in [0.4, 0.5) is 5.69 Å². The van der Waals surface area contributed by atoms with E-state index in [9.17, 15) is 9.59 Å². The minimum Gasteiger partial charge on any atom is -0.493 e. The summed E-state index contributed by atoms with van der Waals surface area (Å²) in [6, 6.07) is 19.6. The van der Waals surface area contributed by atoms with Crippen molar-refractivity contribution in [2.45, 2.75) is 6.17 Å². The zero-order valence-corrected chi connectivity index (χ0v) is 19.6. The topological polar surface area (TPSA) is 89.1 Å². The minimum atomic E-state index is -0.677. The van der Waals surface area contributed by atoms with Gasteiger partial charge >= 0.3 is 0 Å². The predicted octanol–water partition coefficient (Wildman–Crippen LogP) is 4.14. The molecule has 1 unspecified atom stereocenters. The summed E-state index contributed by atoms with van der Waals surface area (Å²) in [4.78, 5) is 26.0. The number of halogens is 1. The van der Waals surface area contributed by atoms with Gasteiger partial charge in [-0.1, -0.05) is 34.1 Å². The van der Waals surface area contributed by atoms with E-state index in [0.29, 0.717) is 34.1 Å². The first-order valence-corrected chi connectivity index (χ1v) is 10.9. The molecule has 3 aromatic rings. The number of nitrogens with zero attached hydrogens (tertiary/aromatic N) is 1. The third-order valence-corrected chi connectivity index (χ3v) is 5.61. The smallest absolute Gasteiger partial charge is 0.276 e. The van der Waals surface area contributed by atoms with Gasteiger partial charge in [0.25, 0.3) is 11.8 Å². The molecule has 170 valence electrons. The van der Waals surface area contributed by atoms with Crippen LogP contribution in [-0.4, -0.2) is 37.6 Å². The number of fused-ring (bicyclic) bond motifs is 1. The van der Waals surface area contributed by atoms with Gasteiger partial charge in [-0.25, -0.2) is 5.01 Å². The molecule has 4 rings (SSSR count). The summed E-state index contributed by atoms with van der Waals surface area (Å²) >= 11 is 3.36. The molecule has 0 aromatic heterocycles. The molecule has 1 aliphatic heterocycles. The molecule has 33 heavy (non-hydrogen) atoms. The average Bonchev–Trinajstić information content (AvgIpc) is 2.85. The van der Waals surface area contributed by atoms with Crippen LogP contribution in [0.1, 0.15) is 22.1 Å². The Labute approximate surface area is 199 Å². The zero-order valence-electron chi connectivity index (χ0n) is 18.0. The van der Waals surface area contributed by atoms with E-state index in [1.54, 1.807) is 49.6 Å². The highest BCUT2D eigenvalue weighted by Crippen LogP contribution is 2.36. The van der Waals surface area contributed by atoms with Crippen molar-refractivity contribution in [3.63, 3.8) is 0 Å². The molecular weight excluding hydrogens is 490 g/mol. The highest BCUT2D eigenvalue weighted by Gasteiger charge is 2.34. The second-order valence-electron chi connectivity index (χ2n) is 7.16. The number of hydrazine groups is 1. The quantitative estimate of drug-likeness (QED) is 0.495. The highest BCUT2D eigenvalue weighted by molar-refractivity contribution is 9.10. The number of methoxy groups -OCH3 is 2. The van der Waals surface area contributed by atoms with E-state index in [-0.39, 0.29) is 12.5 Å². The molecule has 1 aliphatic rings. The van der Waals surface area contributed by atoms with Crippen LogP contribution in [-0.2, 0) is 4.79 Å². The Morgan fingerprint density at radius 2 is 1.76 bits per heavy atom. The summed E-state index contributed by atoms with van der Waals surface area (Å²) in [5, 5.41) is 4.58. The van der Waals surface area contributed by atoms with E-state index in [0.717, 1.165) is 4.47 Å². The van der Waals surface area contributed by atoms with Crippen LogP contribution < -0.4 is 25.0 Å². The number of para-hydroxylation sites is 1. The molecule has 1 heterocycles. The van der Waals surface area contributed by atoms with Gasteiger partial charge in [-0.05, 0) is 48.5 Å². The molecular formula is C24H22BrN3O5. The lowest BCUT2D eigenvalue weighted by Crippen LogP contribution is -2.53. The zero-order chi connectivity index (χ0) is 23.4. The van der Waals surface area contributed by atoms with Gasteiger partial charge in [0, 0.05) is 15.7 Å². The largest absolute Gasteiger partial charge is 0.493 e. The summed E-state index contributed by atoms with van der Waals surface area (Å²) < 4.78 is 17.2. The standard InChI is InChI=1S/C24H22BrN3O5/c1-31-20-12-7-15(13-21(20)32-2)23-26-19-6-4-3-5-18(19)24(30)28(23)27-22(29)14-33-17-10-8-16(25)9-11-17/h3-13,23,26H,14H2,1-2H3,(H,27,29). The third kappa shape index (κ3) is 4.88. The number of benzene rings is 3. The van der Waals surface area contributed by atoms with Gasteiger partial charge in [0.2, 0.25) is 0 Å². The van der Waals surface area contributed by atoms with Crippen LogP contribution in [0.3, 0.4) is 0 Å². The Kier molecular flexibility index (Phi) is 6.69. The fourth-order valence-corrected chi connectivity index (χ4v) is 3.74. The Balaban J connectivity index is 1.59. The van der Waals surface area contributed by atoms with Crippen LogP contribution in [0.15, 0.2) is 71.2 Å². The summed E-state index contributed by atoms with van der Waals surface area (Å²) in [6.45, 7) is -0.258. The first-order valence-electron chi connectivity index (χ1n) is 10.1. The van der Waals surface area contributed by atoms with Crippen LogP contribution in [0.25, 0.3) is 0 Å². The molecule has 2 amide bonds. The van der Waals surface area contributed by atoms with Gasteiger partial charge in [0.05, 0.1) is 19.8 Å². The summed E-state index contributed by atoms with van der Waals surface area (Å²) in [6.07, 6.45) is -0.677. The molecule has 0 saturated carbocycles. The molecule has 0 bridgehead atoms. The lowest BCUT2D eigenvalue weighted by atomic mass is 10.0. The van der Waals surface area contributed by atoms with Crippen molar-refractivity contribution >= 4 is 33.4 Å². The number of hydrogen-bond acceptors (Lipinski definition) is 6. The molecule has 8 nitrogen and oxygen atoms in total. The summed E-state index contributed by atoms with van der Waals surface area (Å²) in [7, 11) is 3.09. The predicted molar refractivity (Wildman–Crippen MR) is 126 cm³/mol. The second kappa shape index (κ2) is 9.83. The van der Waals surface area contributed by atoms with Gasteiger partial charge in [-0.3, -0.25) is 15.0 Å². The third-order valence-electron chi connectivity index (χ3n) is 5.08. The summed E-state index contributed by atoms with van der Waals surface area (Å²) in [5.74, 6) is 0.785. The molecule has 1 atom stereocenters. The Bertz CT molecular complexity index is 1170. The van der Waals surface area contributed by atoms with E-state index in [1.165, 1.54) is 12.1 Å². The maximum absolute atomic E-state index is 13.3. The van der Waals surface area contributed by atoms with E-state index in [1.807, 2.05) is 24.3 Å². The normalized spacial score (nSPS) is 14.7. The second-order valence-corrected chi connectivity index (χ2v) is 8.08. The van der Waals surface area contributed by atoms with Gasteiger partial charge in [-0.15, -0.1) is 0 Å². The highest BCUT2D eigenvalue weighted by atomic mass is 79.9. The van der Waals surface area contributed by atoms with Crippen molar-refractivity contribution in [2.75, 3.05) is 26.1 Å². The van der Waals surface area contributed by atoms with Crippen molar-refractivity contribution in [3.05, 3.63) is 82.3 Å². The van der Waals surface area contributed by atoms with Crippen LogP contribution in [0, 0.1) is 0 Å². The molecule has 0 radical (unpaired) electrons. The number of nitrogens with one attached hydrogen (secondary N) is 2. The molecule has 0 fully saturated rings. The Morgan fingerprint density at radius 1 is 1.03 bits per heavy atom. The maximum Gasteiger partial charge on any atom is 0.276 e. The van der Waals surface area contributed by atoms with Crippen molar-refractivity contribution < 1.29 is 23.8 Å². The van der Waals surface area contributed by atoms with Crippen LogP contribution >= 0.6 is 15.9 Å². The van der Waals surface area contributed by atoms with E-state index < -0.39 is 12.1 Å². The molecule has 3 aromatic carbocycles. The maximum atomic E-state index is 13.3. The number of amides is 2. The fourth-order valence-electron chi connectivity index (χ4n) is 3.47.